The Morgan fingerprint density at radius 3 is 2.40 bits per heavy atom. The largest absolute Gasteiger partial charge is 0.427 e. The lowest BCUT2D eigenvalue weighted by Crippen LogP contribution is -2.30. The van der Waals surface area contributed by atoms with Gasteiger partial charge in [-0.2, -0.15) is 0 Å². The van der Waals surface area contributed by atoms with Crippen LogP contribution in [0.25, 0.3) is 10.6 Å². The number of thiazole rings is 1. The van der Waals surface area contributed by atoms with E-state index in [0.29, 0.717) is 0 Å². The average molecular weight is 610 g/mol. The number of hydrogen-bond acceptors (Lipinski definition) is 12. The van der Waals surface area contributed by atoms with E-state index in [0.717, 1.165) is 16.1 Å². The van der Waals surface area contributed by atoms with Gasteiger partial charge in [-0.25, -0.2) is 23.4 Å². The van der Waals surface area contributed by atoms with Crippen molar-refractivity contribution >= 4 is 38.9 Å². The van der Waals surface area contributed by atoms with Crippen molar-refractivity contribution in [2.45, 2.75) is 37.7 Å². The first-order valence-electron chi connectivity index (χ1n) is 12.9. The summed E-state index contributed by atoms with van der Waals surface area (Å²) >= 11 is 1.54. The number of rotatable bonds is 12. The minimum Gasteiger partial charge on any atom is -0.427 e. The first kappa shape index (κ1) is 30.8. The van der Waals surface area contributed by atoms with E-state index >= 15 is 0 Å². The number of benzene rings is 1. The summed E-state index contributed by atoms with van der Waals surface area (Å²) in [5.74, 6) is -0.923. The molecule has 0 fully saturated rings. The molecule has 2 N–H and O–H groups in total. The van der Waals surface area contributed by atoms with Crippen LogP contribution in [0.15, 0.2) is 83.5 Å². The van der Waals surface area contributed by atoms with Crippen LogP contribution in [0.1, 0.15) is 37.4 Å². The Hall–Kier alpha value is -4.20. The van der Waals surface area contributed by atoms with Gasteiger partial charge in [-0.15, -0.1) is 11.3 Å². The van der Waals surface area contributed by atoms with Crippen LogP contribution >= 0.6 is 11.3 Å². The first-order chi connectivity index (χ1) is 20.0. The number of esters is 2. The fourth-order valence-electron chi connectivity index (χ4n) is 3.63. The topological polar surface area (TPSA) is 149 Å². The molecule has 3 heterocycles. The van der Waals surface area contributed by atoms with Crippen LogP contribution in [0, 0.1) is 5.41 Å². The fourth-order valence-corrected chi connectivity index (χ4v) is 5.74. The van der Waals surface area contributed by atoms with E-state index in [-0.39, 0.29) is 29.6 Å². The van der Waals surface area contributed by atoms with Gasteiger partial charge >= 0.3 is 11.9 Å². The summed E-state index contributed by atoms with van der Waals surface area (Å²) in [5, 5.41) is 7.40. The number of nitrogens with one attached hydrogen (secondary N) is 2. The quantitative estimate of drug-likeness (QED) is 0.174. The lowest BCUT2D eigenvalue weighted by atomic mass is 9.98. The zero-order valence-electron chi connectivity index (χ0n) is 23.3. The molecule has 0 aliphatic carbocycles. The number of aromatic nitrogens is 3. The van der Waals surface area contributed by atoms with Crippen molar-refractivity contribution in [3.63, 3.8) is 0 Å². The van der Waals surface area contributed by atoms with Gasteiger partial charge in [-0.05, 0) is 50.6 Å². The van der Waals surface area contributed by atoms with E-state index in [9.17, 15) is 18.0 Å². The molecule has 0 bridgehead atoms. The van der Waals surface area contributed by atoms with Crippen molar-refractivity contribution in [2.75, 3.05) is 18.7 Å². The summed E-state index contributed by atoms with van der Waals surface area (Å²) in [4.78, 5) is 36.8. The minimum absolute atomic E-state index is 0.102. The molecule has 220 valence electrons. The number of nitrogens with zero attached hydrogens (tertiary/aromatic N) is 3. The van der Waals surface area contributed by atoms with Gasteiger partial charge in [-0.1, -0.05) is 36.4 Å². The monoisotopic (exact) mass is 609 g/mol. The Balaban J connectivity index is 1.46. The van der Waals surface area contributed by atoms with E-state index in [2.05, 4.69) is 25.6 Å². The third-order valence-electron chi connectivity index (χ3n) is 5.84. The van der Waals surface area contributed by atoms with Gasteiger partial charge in [-0.3, -0.25) is 14.9 Å². The van der Waals surface area contributed by atoms with Crippen molar-refractivity contribution in [2.24, 2.45) is 5.41 Å². The molecular formula is C29H31N5O6S2. The third kappa shape index (κ3) is 8.18. The first-order valence-corrected chi connectivity index (χ1v) is 15.4. The van der Waals surface area contributed by atoms with Crippen LogP contribution in [0.4, 0.5) is 5.82 Å². The maximum Gasteiger partial charge on any atom is 0.328 e. The molecule has 0 aliphatic heterocycles. The Bertz CT molecular complexity index is 1590. The van der Waals surface area contributed by atoms with Gasteiger partial charge in [0.15, 0.2) is 10.4 Å². The zero-order chi connectivity index (χ0) is 30.2. The van der Waals surface area contributed by atoms with Crippen LogP contribution in [-0.2, 0) is 35.4 Å². The lowest BCUT2D eigenvalue weighted by molar-refractivity contribution is -0.172. The SMILES string of the molecule is CC(C)(C)C(=O)OCOC(=O)CNc1cccc(C(NCc2ccc(-c3nccs3)cc2)S(=O)(=O)c2ccccn2)n1. The van der Waals surface area contributed by atoms with E-state index < -0.39 is 39.4 Å². The molecule has 1 aromatic carbocycles. The number of hydrogen-bond donors (Lipinski definition) is 2. The predicted molar refractivity (Wildman–Crippen MR) is 158 cm³/mol. The highest BCUT2D eigenvalue weighted by Gasteiger charge is 2.31. The van der Waals surface area contributed by atoms with Gasteiger partial charge in [0.05, 0.1) is 11.1 Å². The van der Waals surface area contributed by atoms with Gasteiger partial charge in [0.25, 0.3) is 0 Å². The number of pyridine rings is 2. The van der Waals surface area contributed by atoms with E-state index in [1.54, 1.807) is 57.3 Å². The maximum atomic E-state index is 13.7. The molecule has 42 heavy (non-hydrogen) atoms. The van der Waals surface area contributed by atoms with Crippen molar-refractivity contribution in [1.29, 1.82) is 0 Å². The average Bonchev–Trinajstić information content (AvgIpc) is 3.52. The van der Waals surface area contributed by atoms with Gasteiger partial charge in [0.1, 0.15) is 17.4 Å². The molecule has 11 nitrogen and oxygen atoms in total. The van der Waals surface area contributed by atoms with Crippen molar-refractivity contribution in [3.05, 3.63) is 89.7 Å². The van der Waals surface area contributed by atoms with E-state index in [1.165, 1.54) is 23.6 Å². The molecule has 0 amide bonds. The molecule has 0 saturated heterocycles. The second-order valence-corrected chi connectivity index (χ2v) is 13.0. The number of sulfone groups is 1. The lowest BCUT2D eigenvalue weighted by Gasteiger charge is -2.19. The molecule has 0 spiro atoms. The third-order valence-corrected chi connectivity index (χ3v) is 8.52. The summed E-state index contributed by atoms with van der Waals surface area (Å²) in [6, 6.07) is 17.2. The van der Waals surface area contributed by atoms with Crippen molar-refractivity contribution in [1.82, 2.24) is 20.3 Å². The van der Waals surface area contributed by atoms with Crippen LogP contribution in [0.5, 0.6) is 0 Å². The molecule has 0 saturated carbocycles. The van der Waals surface area contributed by atoms with Crippen molar-refractivity contribution < 1.29 is 27.5 Å². The summed E-state index contributed by atoms with van der Waals surface area (Å²) in [6.45, 7) is 4.50. The predicted octanol–water partition coefficient (Wildman–Crippen LogP) is 4.36. The van der Waals surface area contributed by atoms with Gasteiger partial charge < -0.3 is 14.8 Å². The summed E-state index contributed by atoms with van der Waals surface area (Å²) < 4.78 is 37.2. The fraction of sp³-hybridized carbons (Fsp3) is 0.276. The number of carbonyl (C=O) groups is 2. The van der Waals surface area contributed by atoms with Crippen LogP contribution in [0.2, 0.25) is 0 Å². The van der Waals surface area contributed by atoms with Gasteiger partial charge in [0, 0.05) is 29.9 Å². The summed E-state index contributed by atoms with van der Waals surface area (Å²) in [7, 11) is -4.01. The van der Waals surface area contributed by atoms with Crippen LogP contribution in [-0.4, -0.2) is 48.6 Å². The Kier molecular flexibility index (Phi) is 9.99. The number of carbonyl (C=O) groups excluding carboxylic acids is 2. The van der Waals surface area contributed by atoms with Crippen LogP contribution in [0.3, 0.4) is 0 Å². The smallest absolute Gasteiger partial charge is 0.328 e. The molecular weight excluding hydrogens is 578 g/mol. The zero-order valence-corrected chi connectivity index (χ0v) is 24.9. The summed E-state index contributed by atoms with van der Waals surface area (Å²) in [5.41, 5.74) is 1.32. The molecule has 0 radical (unpaired) electrons. The standard InChI is InChI=1S/C29H31N5O6S2/c1-29(2,3)28(36)40-19-39-25(35)18-32-23-8-6-7-22(34-23)27(42(37,38)24-9-4-5-14-30-24)33-17-20-10-12-21(13-11-20)26-31-15-16-41-26/h4-16,27,33H,17-19H2,1-3H3,(H,32,34). The second-order valence-electron chi connectivity index (χ2n) is 10.1. The van der Waals surface area contributed by atoms with Crippen molar-refractivity contribution in [3.8, 4) is 10.6 Å². The molecule has 1 atom stereocenters. The Labute approximate surface area is 248 Å². The van der Waals surface area contributed by atoms with Gasteiger partial charge in [0.2, 0.25) is 16.6 Å². The highest BCUT2D eigenvalue weighted by atomic mass is 32.2. The Morgan fingerprint density at radius 2 is 1.74 bits per heavy atom. The highest BCUT2D eigenvalue weighted by molar-refractivity contribution is 7.91. The molecule has 13 heteroatoms. The molecule has 4 rings (SSSR count). The van der Waals surface area contributed by atoms with E-state index in [4.69, 9.17) is 9.47 Å². The number of anilines is 1. The Morgan fingerprint density at radius 1 is 0.952 bits per heavy atom. The number of ether oxygens (including phenoxy) is 2. The highest BCUT2D eigenvalue weighted by Crippen LogP contribution is 2.27. The molecule has 0 aliphatic rings. The summed E-state index contributed by atoms with van der Waals surface area (Å²) in [6.07, 6.45) is 3.16. The minimum atomic E-state index is -4.01. The van der Waals surface area contributed by atoms with Crippen LogP contribution < -0.4 is 10.6 Å². The molecule has 1 unspecified atom stereocenters. The normalized spacial score (nSPS) is 12.4. The molecule has 4 aromatic rings. The molecule has 3 aromatic heterocycles. The van der Waals surface area contributed by atoms with E-state index in [1.807, 2.05) is 29.6 Å². The second kappa shape index (κ2) is 13.6. The maximum absolute atomic E-state index is 13.7.